The first-order chi connectivity index (χ1) is 8.81. The van der Waals surface area contributed by atoms with Gasteiger partial charge in [-0.1, -0.05) is 0 Å². The predicted octanol–water partition coefficient (Wildman–Crippen LogP) is -1.05. The van der Waals surface area contributed by atoms with E-state index in [1.54, 1.807) is 4.90 Å². The fraction of sp³-hybridized carbons (Fsp3) is 0.750. The van der Waals surface area contributed by atoms with Gasteiger partial charge in [0.15, 0.2) is 5.60 Å². The Bertz CT molecular complexity index is 416. The summed E-state index contributed by atoms with van der Waals surface area (Å²) < 4.78 is 0. The Hall–Kier alpha value is -1.63. The van der Waals surface area contributed by atoms with Crippen LogP contribution in [0.3, 0.4) is 0 Å². The SMILES string of the molecule is CC(O)(CNC(=O)C1CC(=O)N(C2CC2)C1)C(=O)O. The molecule has 1 aliphatic heterocycles. The number of aliphatic carboxylic acids is 1. The molecule has 2 aliphatic rings. The van der Waals surface area contributed by atoms with Gasteiger partial charge in [0.25, 0.3) is 0 Å². The van der Waals surface area contributed by atoms with Crippen molar-refractivity contribution in [1.29, 1.82) is 0 Å². The van der Waals surface area contributed by atoms with E-state index < -0.39 is 17.5 Å². The van der Waals surface area contributed by atoms with E-state index in [9.17, 15) is 19.5 Å². The lowest BCUT2D eigenvalue weighted by atomic mass is 10.1. The van der Waals surface area contributed by atoms with Gasteiger partial charge in [0, 0.05) is 19.0 Å². The van der Waals surface area contributed by atoms with Crippen LogP contribution in [0.1, 0.15) is 26.2 Å². The molecule has 2 unspecified atom stereocenters. The van der Waals surface area contributed by atoms with E-state index in [0.29, 0.717) is 6.54 Å². The van der Waals surface area contributed by atoms with Gasteiger partial charge in [-0.2, -0.15) is 0 Å². The van der Waals surface area contributed by atoms with Crippen molar-refractivity contribution < 1.29 is 24.6 Å². The molecule has 0 bridgehead atoms. The maximum atomic E-state index is 11.9. The summed E-state index contributed by atoms with van der Waals surface area (Å²) in [6, 6.07) is 0.285. The highest BCUT2D eigenvalue weighted by Crippen LogP contribution is 2.32. The van der Waals surface area contributed by atoms with Crippen molar-refractivity contribution in [2.45, 2.75) is 37.8 Å². The van der Waals surface area contributed by atoms with E-state index >= 15 is 0 Å². The van der Waals surface area contributed by atoms with Crippen LogP contribution in [0.2, 0.25) is 0 Å². The molecule has 19 heavy (non-hydrogen) atoms. The van der Waals surface area contributed by atoms with Gasteiger partial charge < -0.3 is 20.4 Å². The van der Waals surface area contributed by atoms with Crippen LogP contribution in [0.4, 0.5) is 0 Å². The number of amides is 2. The highest BCUT2D eigenvalue weighted by atomic mass is 16.4. The molecule has 0 aromatic heterocycles. The molecular weight excluding hydrogens is 252 g/mol. The first-order valence-corrected chi connectivity index (χ1v) is 6.34. The van der Waals surface area contributed by atoms with Crippen molar-refractivity contribution in [3.8, 4) is 0 Å². The summed E-state index contributed by atoms with van der Waals surface area (Å²) in [6.45, 7) is 1.14. The van der Waals surface area contributed by atoms with Crippen LogP contribution in [0.15, 0.2) is 0 Å². The standard InChI is InChI=1S/C12H18N2O5/c1-12(19,11(17)18)6-13-10(16)7-4-9(15)14(5-7)8-2-3-8/h7-8,19H,2-6H2,1H3,(H,13,16)(H,17,18). The second kappa shape index (κ2) is 4.80. The molecule has 2 atom stereocenters. The molecule has 2 rings (SSSR count). The average molecular weight is 270 g/mol. The van der Waals surface area contributed by atoms with E-state index in [1.807, 2.05) is 0 Å². The van der Waals surface area contributed by atoms with E-state index in [2.05, 4.69) is 5.32 Å². The Kier molecular flexibility index (Phi) is 3.49. The number of hydrogen-bond donors (Lipinski definition) is 3. The summed E-state index contributed by atoms with van der Waals surface area (Å²) in [7, 11) is 0. The fourth-order valence-electron chi connectivity index (χ4n) is 2.13. The Morgan fingerprint density at radius 2 is 2.11 bits per heavy atom. The Balaban J connectivity index is 1.84. The third kappa shape index (κ3) is 3.04. The monoisotopic (exact) mass is 270 g/mol. The second-order valence-electron chi connectivity index (χ2n) is 5.48. The predicted molar refractivity (Wildman–Crippen MR) is 64.1 cm³/mol. The van der Waals surface area contributed by atoms with Crippen LogP contribution in [-0.2, 0) is 14.4 Å². The van der Waals surface area contributed by atoms with Gasteiger partial charge in [-0.3, -0.25) is 9.59 Å². The van der Waals surface area contributed by atoms with Crippen molar-refractivity contribution >= 4 is 17.8 Å². The highest BCUT2D eigenvalue weighted by molar-refractivity contribution is 5.90. The van der Waals surface area contributed by atoms with Crippen LogP contribution in [0.5, 0.6) is 0 Å². The number of hydrogen-bond acceptors (Lipinski definition) is 4. The number of aliphatic hydroxyl groups is 1. The molecule has 7 heteroatoms. The van der Waals surface area contributed by atoms with Crippen molar-refractivity contribution in [3.63, 3.8) is 0 Å². The second-order valence-corrected chi connectivity index (χ2v) is 5.48. The molecule has 2 fully saturated rings. The van der Waals surface area contributed by atoms with Crippen LogP contribution in [0, 0.1) is 5.92 Å². The first kappa shape index (κ1) is 13.8. The topological polar surface area (TPSA) is 107 Å². The zero-order valence-corrected chi connectivity index (χ0v) is 10.8. The Morgan fingerprint density at radius 1 is 1.47 bits per heavy atom. The van der Waals surface area contributed by atoms with Gasteiger partial charge >= 0.3 is 5.97 Å². The van der Waals surface area contributed by atoms with E-state index in [-0.39, 0.29) is 30.8 Å². The van der Waals surface area contributed by atoms with Gasteiger partial charge in [-0.25, -0.2) is 4.79 Å². The van der Waals surface area contributed by atoms with Gasteiger partial charge in [0.05, 0.1) is 12.5 Å². The Morgan fingerprint density at radius 3 is 2.63 bits per heavy atom. The number of nitrogens with one attached hydrogen (secondary N) is 1. The number of carboxylic acid groups (broad SMARTS) is 1. The van der Waals surface area contributed by atoms with Crippen LogP contribution < -0.4 is 5.32 Å². The van der Waals surface area contributed by atoms with Crippen LogP contribution in [0.25, 0.3) is 0 Å². The average Bonchev–Trinajstić information content (AvgIpc) is 3.09. The fourth-order valence-corrected chi connectivity index (χ4v) is 2.13. The number of carbonyl (C=O) groups is 3. The molecule has 3 N–H and O–H groups in total. The summed E-state index contributed by atoms with van der Waals surface area (Å²) in [5, 5.41) is 20.6. The lowest BCUT2D eigenvalue weighted by Gasteiger charge is -2.20. The lowest BCUT2D eigenvalue weighted by Crippen LogP contribution is -2.48. The third-order valence-corrected chi connectivity index (χ3v) is 3.58. The van der Waals surface area contributed by atoms with Crippen molar-refractivity contribution in [2.75, 3.05) is 13.1 Å². The summed E-state index contributed by atoms with van der Waals surface area (Å²) in [5.41, 5.74) is -1.99. The first-order valence-electron chi connectivity index (χ1n) is 6.34. The summed E-state index contributed by atoms with van der Waals surface area (Å²) >= 11 is 0. The normalized spacial score (nSPS) is 26.1. The van der Waals surface area contributed by atoms with Crippen LogP contribution in [-0.4, -0.2) is 57.6 Å². The smallest absolute Gasteiger partial charge is 0.337 e. The lowest BCUT2D eigenvalue weighted by molar-refractivity contribution is -0.156. The molecule has 1 heterocycles. The van der Waals surface area contributed by atoms with Crippen molar-refractivity contribution in [3.05, 3.63) is 0 Å². The number of carbonyl (C=O) groups excluding carboxylic acids is 2. The van der Waals surface area contributed by atoms with E-state index in [4.69, 9.17) is 5.11 Å². The largest absolute Gasteiger partial charge is 0.479 e. The number of nitrogens with zero attached hydrogens (tertiary/aromatic N) is 1. The highest BCUT2D eigenvalue weighted by Gasteiger charge is 2.42. The zero-order valence-electron chi connectivity index (χ0n) is 10.8. The molecule has 0 aromatic carbocycles. The van der Waals surface area contributed by atoms with Crippen molar-refractivity contribution in [1.82, 2.24) is 10.2 Å². The molecule has 1 saturated carbocycles. The van der Waals surface area contributed by atoms with Gasteiger partial charge in [-0.15, -0.1) is 0 Å². The summed E-state index contributed by atoms with van der Waals surface area (Å²) in [6.07, 6.45) is 2.15. The maximum Gasteiger partial charge on any atom is 0.337 e. The van der Waals surface area contributed by atoms with E-state index in [1.165, 1.54) is 0 Å². The molecule has 106 valence electrons. The number of carboxylic acids is 1. The number of rotatable bonds is 5. The minimum Gasteiger partial charge on any atom is -0.479 e. The Labute approximate surface area is 110 Å². The molecule has 0 spiro atoms. The molecule has 7 nitrogen and oxygen atoms in total. The number of likely N-dealkylation sites (tertiary alicyclic amines) is 1. The maximum absolute atomic E-state index is 11.9. The third-order valence-electron chi connectivity index (χ3n) is 3.58. The van der Waals surface area contributed by atoms with Crippen molar-refractivity contribution in [2.24, 2.45) is 5.92 Å². The zero-order chi connectivity index (χ0) is 14.2. The quantitative estimate of drug-likeness (QED) is 0.591. The van der Waals surface area contributed by atoms with Crippen LogP contribution >= 0.6 is 0 Å². The molecule has 0 aromatic rings. The molecular formula is C12H18N2O5. The molecule has 2 amide bonds. The molecule has 0 radical (unpaired) electrons. The minimum atomic E-state index is -1.99. The molecule has 1 saturated heterocycles. The summed E-state index contributed by atoms with van der Waals surface area (Å²) in [4.78, 5) is 36.0. The van der Waals surface area contributed by atoms with Gasteiger partial charge in [0.1, 0.15) is 0 Å². The summed E-state index contributed by atoms with van der Waals surface area (Å²) in [5.74, 6) is -2.24. The van der Waals surface area contributed by atoms with E-state index in [0.717, 1.165) is 19.8 Å². The van der Waals surface area contributed by atoms with Gasteiger partial charge in [0.2, 0.25) is 11.8 Å². The minimum absolute atomic E-state index is 0.0207. The molecule has 1 aliphatic carbocycles. The van der Waals surface area contributed by atoms with Gasteiger partial charge in [-0.05, 0) is 19.8 Å².